The van der Waals surface area contributed by atoms with E-state index in [0.717, 1.165) is 43.0 Å². The Morgan fingerprint density at radius 1 is 0.857 bits per heavy atom. The number of methoxy groups -OCH3 is 2. The standard InChI is InChI=1S/C26H21ClN4O2S2/c1-32-19-9-3-16(4-10-19)22-15-29-31(24(22)28)26-30-23(17-5-11-20(33-2)12-6-17)25(35-26)34-21-13-7-18(27)8-14-21/h3-15H,28H2,1-2H3. The van der Waals surface area contributed by atoms with E-state index in [1.165, 1.54) is 11.3 Å². The molecule has 176 valence electrons. The van der Waals surface area contributed by atoms with E-state index in [0.29, 0.717) is 16.0 Å². The average molecular weight is 521 g/mol. The monoisotopic (exact) mass is 520 g/mol. The van der Waals surface area contributed by atoms with Crippen LogP contribution in [0.15, 0.2) is 88.1 Å². The molecule has 0 atom stereocenters. The van der Waals surface area contributed by atoms with E-state index in [2.05, 4.69) is 5.10 Å². The highest BCUT2D eigenvalue weighted by Crippen LogP contribution is 2.42. The van der Waals surface area contributed by atoms with Gasteiger partial charge in [0.1, 0.15) is 17.3 Å². The maximum atomic E-state index is 6.54. The molecule has 0 aliphatic heterocycles. The zero-order valence-electron chi connectivity index (χ0n) is 18.9. The lowest BCUT2D eigenvalue weighted by Gasteiger charge is -2.04. The van der Waals surface area contributed by atoms with Crippen LogP contribution in [0.2, 0.25) is 5.02 Å². The van der Waals surface area contributed by atoms with Crippen LogP contribution >= 0.6 is 34.7 Å². The smallest absolute Gasteiger partial charge is 0.213 e. The predicted molar refractivity (Wildman–Crippen MR) is 143 cm³/mol. The van der Waals surface area contributed by atoms with E-state index in [-0.39, 0.29) is 0 Å². The molecule has 0 spiro atoms. The molecule has 0 radical (unpaired) electrons. The van der Waals surface area contributed by atoms with Crippen LogP contribution in [-0.2, 0) is 0 Å². The van der Waals surface area contributed by atoms with Crippen LogP contribution < -0.4 is 15.2 Å². The minimum absolute atomic E-state index is 0.522. The third-order valence-corrected chi connectivity index (χ3v) is 7.83. The Hall–Kier alpha value is -3.46. The van der Waals surface area contributed by atoms with Gasteiger partial charge >= 0.3 is 0 Å². The second-order valence-electron chi connectivity index (χ2n) is 7.50. The molecule has 0 saturated carbocycles. The molecular weight excluding hydrogens is 500 g/mol. The first-order valence-corrected chi connectivity index (χ1v) is 12.6. The van der Waals surface area contributed by atoms with Crippen molar-refractivity contribution in [2.75, 3.05) is 20.0 Å². The van der Waals surface area contributed by atoms with Gasteiger partial charge in [0.15, 0.2) is 0 Å². The zero-order chi connectivity index (χ0) is 24.4. The summed E-state index contributed by atoms with van der Waals surface area (Å²) in [6, 6.07) is 23.3. The fourth-order valence-electron chi connectivity index (χ4n) is 3.50. The molecule has 5 rings (SSSR count). The lowest BCUT2D eigenvalue weighted by Crippen LogP contribution is -2.01. The van der Waals surface area contributed by atoms with Gasteiger partial charge in [0, 0.05) is 21.0 Å². The van der Waals surface area contributed by atoms with Gasteiger partial charge in [-0.15, -0.1) is 0 Å². The molecule has 3 aromatic carbocycles. The summed E-state index contributed by atoms with van der Waals surface area (Å²) < 4.78 is 13.3. The molecule has 5 aromatic rings. The van der Waals surface area contributed by atoms with E-state index in [1.54, 1.807) is 36.9 Å². The van der Waals surface area contributed by atoms with Gasteiger partial charge in [-0.25, -0.2) is 4.98 Å². The van der Waals surface area contributed by atoms with Gasteiger partial charge in [-0.3, -0.25) is 0 Å². The third-order valence-electron chi connectivity index (χ3n) is 5.36. The highest BCUT2D eigenvalue weighted by molar-refractivity contribution is 8.01. The largest absolute Gasteiger partial charge is 0.497 e. The zero-order valence-corrected chi connectivity index (χ0v) is 21.3. The van der Waals surface area contributed by atoms with Gasteiger partial charge in [0.25, 0.3) is 0 Å². The molecule has 2 N–H and O–H groups in total. The van der Waals surface area contributed by atoms with E-state index >= 15 is 0 Å². The van der Waals surface area contributed by atoms with E-state index in [1.807, 2.05) is 72.8 Å². The molecule has 0 aliphatic carbocycles. The summed E-state index contributed by atoms with van der Waals surface area (Å²) in [7, 11) is 3.29. The number of halogens is 1. The summed E-state index contributed by atoms with van der Waals surface area (Å²) in [5, 5.41) is 5.94. The third kappa shape index (κ3) is 4.86. The number of benzene rings is 3. The number of nitrogens with zero attached hydrogens (tertiary/aromatic N) is 3. The van der Waals surface area contributed by atoms with E-state index in [4.69, 9.17) is 31.8 Å². The van der Waals surface area contributed by atoms with Crippen molar-refractivity contribution in [2.45, 2.75) is 9.10 Å². The molecule has 0 aliphatic rings. The van der Waals surface area contributed by atoms with Crippen LogP contribution in [0.5, 0.6) is 11.5 Å². The summed E-state index contributed by atoms with van der Waals surface area (Å²) >= 11 is 9.24. The molecule has 2 heterocycles. The van der Waals surface area contributed by atoms with Crippen molar-refractivity contribution in [1.29, 1.82) is 0 Å². The molecule has 0 saturated heterocycles. The predicted octanol–water partition coefficient (Wildman–Crippen LogP) is 7.07. The fraction of sp³-hybridized carbons (Fsp3) is 0.0769. The SMILES string of the molecule is COc1ccc(-c2cnn(-c3nc(-c4ccc(OC)cc4)c(Sc4ccc(Cl)cc4)s3)c2N)cc1. The maximum absolute atomic E-state index is 6.54. The molecule has 0 amide bonds. The number of rotatable bonds is 7. The second kappa shape index (κ2) is 10.0. The van der Waals surface area contributed by atoms with Crippen LogP contribution in [0.1, 0.15) is 0 Å². The van der Waals surface area contributed by atoms with Crippen molar-refractivity contribution in [3.63, 3.8) is 0 Å². The molecule has 0 fully saturated rings. The molecule has 9 heteroatoms. The lowest BCUT2D eigenvalue weighted by molar-refractivity contribution is 0.415. The summed E-state index contributed by atoms with van der Waals surface area (Å²) in [5.41, 5.74) is 10.2. The van der Waals surface area contributed by atoms with Gasteiger partial charge in [0.05, 0.1) is 30.3 Å². The normalized spacial score (nSPS) is 10.9. The first-order chi connectivity index (χ1) is 17.1. The van der Waals surface area contributed by atoms with E-state index < -0.39 is 0 Å². The van der Waals surface area contributed by atoms with Crippen molar-refractivity contribution < 1.29 is 9.47 Å². The summed E-state index contributed by atoms with van der Waals surface area (Å²) in [5.74, 6) is 2.09. The topological polar surface area (TPSA) is 75.2 Å². The van der Waals surface area contributed by atoms with Crippen molar-refractivity contribution in [3.05, 3.63) is 84.0 Å². The molecule has 0 unspecified atom stereocenters. The van der Waals surface area contributed by atoms with Crippen molar-refractivity contribution in [2.24, 2.45) is 0 Å². The van der Waals surface area contributed by atoms with Gasteiger partial charge in [-0.05, 0) is 66.2 Å². The summed E-state index contributed by atoms with van der Waals surface area (Å²) in [6.07, 6.45) is 1.76. The number of hydrogen-bond donors (Lipinski definition) is 1. The van der Waals surface area contributed by atoms with Gasteiger partial charge in [-0.2, -0.15) is 9.78 Å². The first kappa shape index (κ1) is 23.3. The number of anilines is 1. The van der Waals surface area contributed by atoms with Crippen molar-refractivity contribution in [3.8, 4) is 39.0 Å². The Kier molecular flexibility index (Phi) is 6.68. The van der Waals surface area contributed by atoms with Gasteiger partial charge in [0.2, 0.25) is 5.13 Å². The van der Waals surface area contributed by atoms with Crippen LogP contribution in [0.3, 0.4) is 0 Å². The minimum atomic E-state index is 0.522. The van der Waals surface area contributed by atoms with Gasteiger partial charge < -0.3 is 15.2 Å². The number of ether oxygens (including phenoxy) is 2. The Labute approximate surface area is 216 Å². The Bertz CT molecular complexity index is 1450. The molecular formula is C26H21ClN4O2S2. The summed E-state index contributed by atoms with van der Waals surface area (Å²) in [4.78, 5) is 6.01. The van der Waals surface area contributed by atoms with Crippen molar-refractivity contribution in [1.82, 2.24) is 14.8 Å². The molecule has 0 bridgehead atoms. The van der Waals surface area contributed by atoms with Crippen LogP contribution in [0, 0.1) is 0 Å². The van der Waals surface area contributed by atoms with Crippen LogP contribution in [-0.4, -0.2) is 29.0 Å². The van der Waals surface area contributed by atoms with E-state index in [9.17, 15) is 0 Å². The summed E-state index contributed by atoms with van der Waals surface area (Å²) in [6.45, 7) is 0. The highest BCUT2D eigenvalue weighted by Gasteiger charge is 2.19. The van der Waals surface area contributed by atoms with Crippen LogP contribution in [0.25, 0.3) is 27.5 Å². The first-order valence-electron chi connectivity index (χ1n) is 10.6. The maximum Gasteiger partial charge on any atom is 0.213 e. The average Bonchev–Trinajstić information content (AvgIpc) is 3.48. The molecule has 2 aromatic heterocycles. The number of hydrogen-bond acceptors (Lipinski definition) is 7. The molecule has 6 nitrogen and oxygen atoms in total. The number of aromatic nitrogens is 3. The Balaban J connectivity index is 1.55. The lowest BCUT2D eigenvalue weighted by atomic mass is 10.1. The quantitative estimate of drug-likeness (QED) is 0.247. The fourth-order valence-corrected chi connectivity index (χ4v) is 5.85. The van der Waals surface area contributed by atoms with Gasteiger partial charge in [-0.1, -0.05) is 46.8 Å². The number of nitrogen functional groups attached to an aromatic ring is 1. The highest BCUT2D eigenvalue weighted by atomic mass is 35.5. The Morgan fingerprint density at radius 3 is 2.06 bits per heavy atom. The van der Waals surface area contributed by atoms with Crippen molar-refractivity contribution >= 4 is 40.5 Å². The Morgan fingerprint density at radius 2 is 1.46 bits per heavy atom. The molecule has 35 heavy (non-hydrogen) atoms. The second-order valence-corrected chi connectivity index (χ2v) is 10.3. The number of thiazole rings is 1. The minimum Gasteiger partial charge on any atom is -0.497 e. The van der Waals surface area contributed by atoms with Crippen LogP contribution in [0.4, 0.5) is 5.82 Å². The number of nitrogens with two attached hydrogens (primary N) is 1.